The highest BCUT2D eigenvalue weighted by atomic mass is 16.3. The lowest BCUT2D eigenvalue weighted by atomic mass is 10.2. The monoisotopic (exact) mass is 243 g/mol. The summed E-state index contributed by atoms with van der Waals surface area (Å²) in [6, 6.07) is 9.78. The molecule has 0 aromatic carbocycles. The lowest BCUT2D eigenvalue weighted by molar-refractivity contribution is 0.281. The SMILES string of the molecule is Cc1cccc(CN(C)c2ccc(CO)cn2)n1. The fourth-order valence-corrected chi connectivity index (χ4v) is 1.75. The van der Waals surface area contributed by atoms with Crippen molar-refractivity contribution in [3.8, 4) is 0 Å². The van der Waals surface area contributed by atoms with Crippen LogP contribution < -0.4 is 4.90 Å². The lowest BCUT2D eigenvalue weighted by Crippen LogP contribution is -2.18. The second-order valence-corrected chi connectivity index (χ2v) is 4.31. The van der Waals surface area contributed by atoms with Crippen LogP contribution in [0.3, 0.4) is 0 Å². The number of aliphatic hydroxyl groups excluding tert-OH is 1. The summed E-state index contributed by atoms with van der Waals surface area (Å²) in [6.45, 7) is 2.72. The number of nitrogens with zero attached hydrogens (tertiary/aromatic N) is 3. The minimum absolute atomic E-state index is 0.0242. The molecule has 18 heavy (non-hydrogen) atoms. The summed E-state index contributed by atoms with van der Waals surface area (Å²) in [6.07, 6.45) is 1.69. The average molecular weight is 243 g/mol. The fourth-order valence-electron chi connectivity index (χ4n) is 1.75. The molecule has 0 saturated carbocycles. The molecular formula is C14H17N3O. The molecule has 2 aromatic rings. The second-order valence-electron chi connectivity index (χ2n) is 4.31. The molecule has 0 aliphatic heterocycles. The van der Waals surface area contributed by atoms with E-state index >= 15 is 0 Å². The van der Waals surface area contributed by atoms with Gasteiger partial charge in [-0.25, -0.2) is 4.98 Å². The summed E-state index contributed by atoms with van der Waals surface area (Å²) in [7, 11) is 1.98. The van der Waals surface area contributed by atoms with E-state index in [0.29, 0.717) is 6.54 Å². The third-order valence-corrected chi connectivity index (χ3v) is 2.73. The Hall–Kier alpha value is -1.94. The third-order valence-electron chi connectivity index (χ3n) is 2.73. The Labute approximate surface area is 107 Å². The van der Waals surface area contributed by atoms with Crippen molar-refractivity contribution in [1.29, 1.82) is 0 Å². The van der Waals surface area contributed by atoms with Gasteiger partial charge in [0.15, 0.2) is 0 Å². The zero-order chi connectivity index (χ0) is 13.0. The van der Waals surface area contributed by atoms with E-state index in [-0.39, 0.29) is 6.61 Å². The molecule has 0 atom stereocenters. The lowest BCUT2D eigenvalue weighted by Gasteiger charge is -2.18. The zero-order valence-electron chi connectivity index (χ0n) is 10.7. The Morgan fingerprint density at radius 3 is 2.67 bits per heavy atom. The largest absolute Gasteiger partial charge is 0.392 e. The predicted molar refractivity (Wildman–Crippen MR) is 71.2 cm³/mol. The first-order chi connectivity index (χ1) is 8.69. The topological polar surface area (TPSA) is 49.2 Å². The Bertz CT molecular complexity index is 511. The summed E-state index contributed by atoms with van der Waals surface area (Å²) in [4.78, 5) is 10.8. The molecule has 0 amide bonds. The number of aliphatic hydroxyl groups is 1. The molecule has 94 valence electrons. The van der Waals surface area contributed by atoms with Crippen molar-refractivity contribution >= 4 is 5.82 Å². The highest BCUT2D eigenvalue weighted by molar-refractivity contribution is 5.38. The highest BCUT2D eigenvalue weighted by Crippen LogP contribution is 2.12. The van der Waals surface area contributed by atoms with Crippen LogP contribution in [0.25, 0.3) is 0 Å². The molecule has 0 radical (unpaired) electrons. The summed E-state index contributed by atoms with van der Waals surface area (Å²) in [5.41, 5.74) is 2.86. The normalized spacial score (nSPS) is 10.4. The van der Waals surface area contributed by atoms with E-state index < -0.39 is 0 Å². The molecule has 0 spiro atoms. The van der Waals surface area contributed by atoms with Gasteiger partial charge in [0, 0.05) is 18.9 Å². The molecule has 2 aromatic heterocycles. The first-order valence-corrected chi connectivity index (χ1v) is 5.88. The molecule has 0 aliphatic rings. The van der Waals surface area contributed by atoms with Gasteiger partial charge in [-0.15, -0.1) is 0 Å². The molecule has 0 unspecified atom stereocenters. The maximum absolute atomic E-state index is 8.97. The van der Waals surface area contributed by atoms with Crippen LogP contribution in [0.5, 0.6) is 0 Å². The maximum atomic E-state index is 8.97. The molecule has 2 heterocycles. The number of aryl methyl sites for hydroxylation is 1. The third kappa shape index (κ3) is 3.05. The Morgan fingerprint density at radius 1 is 1.22 bits per heavy atom. The first kappa shape index (κ1) is 12.5. The van der Waals surface area contributed by atoms with E-state index in [1.54, 1.807) is 6.20 Å². The van der Waals surface area contributed by atoms with E-state index in [1.165, 1.54) is 0 Å². The smallest absolute Gasteiger partial charge is 0.128 e. The van der Waals surface area contributed by atoms with E-state index in [4.69, 9.17) is 5.11 Å². The van der Waals surface area contributed by atoms with Crippen molar-refractivity contribution < 1.29 is 5.11 Å². The average Bonchev–Trinajstić information content (AvgIpc) is 2.39. The van der Waals surface area contributed by atoms with Crippen LogP contribution >= 0.6 is 0 Å². The van der Waals surface area contributed by atoms with Crippen LogP contribution in [0, 0.1) is 6.92 Å². The molecule has 0 bridgehead atoms. The van der Waals surface area contributed by atoms with Gasteiger partial charge in [0.25, 0.3) is 0 Å². The van der Waals surface area contributed by atoms with Crippen molar-refractivity contribution in [1.82, 2.24) is 9.97 Å². The van der Waals surface area contributed by atoms with Gasteiger partial charge in [-0.3, -0.25) is 4.98 Å². The summed E-state index contributed by atoms with van der Waals surface area (Å²) >= 11 is 0. The van der Waals surface area contributed by atoms with Crippen LogP contribution in [0.15, 0.2) is 36.5 Å². The number of hydrogen-bond acceptors (Lipinski definition) is 4. The fraction of sp³-hybridized carbons (Fsp3) is 0.286. The standard InChI is InChI=1S/C14H17N3O/c1-11-4-3-5-13(16-11)9-17(2)14-7-6-12(10-18)8-15-14/h3-8,18H,9-10H2,1-2H3. The molecule has 4 heteroatoms. The van der Waals surface area contributed by atoms with Gasteiger partial charge in [-0.1, -0.05) is 12.1 Å². The molecule has 0 aliphatic carbocycles. The highest BCUT2D eigenvalue weighted by Gasteiger charge is 2.04. The molecular weight excluding hydrogens is 226 g/mol. The minimum atomic E-state index is 0.0242. The summed E-state index contributed by atoms with van der Waals surface area (Å²) in [5.74, 6) is 0.871. The molecule has 0 saturated heterocycles. The van der Waals surface area contributed by atoms with E-state index in [0.717, 1.165) is 22.8 Å². The molecule has 4 nitrogen and oxygen atoms in total. The predicted octanol–water partition coefficient (Wildman–Crippen LogP) is 1.91. The van der Waals surface area contributed by atoms with Crippen LogP contribution in [0.2, 0.25) is 0 Å². The summed E-state index contributed by atoms with van der Waals surface area (Å²) in [5, 5.41) is 8.97. The van der Waals surface area contributed by atoms with E-state index in [2.05, 4.69) is 9.97 Å². The van der Waals surface area contributed by atoms with Gasteiger partial charge in [0.1, 0.15) is 5.82 Å². The molecule has 0 fully saturated rings. The van der Waals surface area contributed by atoms with Gasteiger partial charge >= 0.3 is 0 Å². The van der Waals surface area contributed by atoms with Crippen LogP contribution in [0.1, 0.15) is 17.0 Å². The maximum Gasteiger partial charge on any atom is 0.128 e. The number of rotatable bonds is 4. The number of hydrogen-bond donors (Lipinski definition) is 1. The van der Waals surface area contributed by atoms with E-state index in [9.17, 15) is 0 Å². The quantitative estimate of drug-likeness (QED) is 0.891. The minimum Gasteiger partial charge on any atom is -0.392 e. The van der Waals surface area contributed by atoms with Gasteiger partial charge in [-0.05, 0) is 30.7 Å². The van der Waals surface area contributed by atoms with Gasteiger partial charge in [0.05, 0.1) is 18.8 Å². The number of aromatic nitrogens is 2. The van der Waals surface area contributed by atoms with Gasteiger partial charge in [-0.2, -0.15) is 0 Å². The zero-order valence-corrected chi connectivity index (χ0v) is 10.7. The van der Waals surface area contributed by atoms with Gasteiger partial charge < -0.3 is 10.0 Å². The van der Waals surface area contributed by atoms with Crippen molar-refractivity contribution in [3.63, 3.8) is 0 Å². The number of pyridine rings is 2. The Morgan fingerprint density at radius 2 is 2.06 bits per heavy atom. The Balaban J connectivity index is 2.09. The van der Waals surface area contributed by atoms with E-state index in [1.807, 2.05) is 49.2 Å². The van der Waals surface area contributed by atoms with Crippen molar-refractivity contribution in [2.75, 3.05) is 11.9 Å². The van der Waals surface area contributed by atoms with Crippen LogP contribution in [0.4, 0.5) is 5.82 Å². The van der Waals surface area contributed by atoms with Crippen molar-refractivity contribution in [2.45, 2.75) is 20.1 Å². The van der Waals surface area contributed by atoms with Crippen LogP contribution in [-0.4, -0.2) is 22.1 Å². The van der Waals surface area contributed by atoms with Gasteiger partial charge in [0.2, 0.25) is 0 Å². The first-order valence-electron chi connectivity index (χ1n) is 5.88. The Kier molecular flexibility index (Phi) is 3.89. The second kappa shape index (κ2) is 5.60. The number of anilines is 1. The van der Waals surface area contributed by atoms with Crippen molar-refractivity contribution in [2.24, 2.45) is 0 Å². The summed E-state index contributed by atoms with van der Waals surface area (Å²) < 4.78 is 0. The molecule has 2 rings (SSSR count). The van der Waals surface area contributed by atoms with Crippen LogP contribution in [-0.2, 0) is 13.2 Å². The molecule has 1 N–H and O–H groups in total. The van der Waals surface area contributed by atoms with Crippen molar-refractivity contribution in [3.05, 3.63) is 53.5 Å².